The van der Waals surface area contributed by atoms with Crippen molar-refractivity contribution in [1.82, 2.24) is 15.1 Å². The Balaban J connectivity index is 1.04. The molecular weight excluding hydrogens is 449 g/mol. The normalized spacial score (nSPS) is 20.2. The summed E-state index contributed by atoms with van der Waals surface area (Å²) < 4.78 is 37.7. The summed E-state index contributed by atoms with van der Waals surface area (Å²) in [5.41, 5.74) is 6.75. The molecule has 0 amide bonds. The van der Waals surface area contributed by atoms with Crippen LogP contribution in [0, 0.1) is 0 Å². The summed E-state index contributed by atoms with van der Waals surface area (Å²) in [6.07, 6.45) is 1.44. The van der Waals surface area contributed by atoms with E-state index in [1.807, 2.05) is 0 Å². The summed E-state index contributed by atoms with van der Waals surface area (Å²) in [6.45, 7) is 5.52. The number of nitrogens with one attached hydrogen (secondary N) is 1. The third-order valence-corrected chi connectivity index (χ3v) is 7.57. The lowest BCUT2D eigenvalue weighted by atomic mass is 10.0. The van der Waals surface area contributed by atoms with Gasteiger partial charge in [0, 0.05) is 64.1 Å². The van der Waals surface area contributed by atoms with Gasteiger partial charge in [0.05, 0.1) is 6.54 Å². The van der Waals surface area contributed by atoms with Crippen molar-refractivity contribution >= 4 is 17.3 Å². The van der Waals surface area contributed by atoms with E-state index in [4.69, 9.17) is 0 Å². The van der Waals surface area contributed by atoms with Crippen molar-refractivity contribution in [1.29, 1.82) is 0 Å². The van der Waals surface area contributed by atoms with Crippen molar-refractivity contribution in [3.05, 3.63) is 65.2 Å². The largest absolute Gasteiger partial charge is 0.401 e. The number of anilines is 1. The molecule has 2 aliphatic heterocycles. The van der Waals surface area contributed by atoms with Crippen molar-refractivity contribution in [2.75, 3.05) is 63.8 Å². The maximum Gasteiger partial charge on any atom is 0.401 e. The van der Waals surface area contributed by atoms with Gasteiger partial charge >= 0.3 is 6.18 Å². The first kappa shape index (κ1) is 24.3. The number of piperidine rings is 1. The molecule has 35 heavy (non-hydrogen) atoms. The number of allylic oxidation sites excluding steroid dienone is 1. The molecule has 1 N–H and O–H groups in total. The van der Waals surface area contributed by atoms with Crippen LogP contribution >= 0.6 is 0 Å². The average molecular weight is 485 g/mol. The molecule has 3 aliphatic rings. The van der Waals surface area contributed by atoms with Gasteiger partial charge in [-0.15, -0.1) is 0 Å². The van der Waals surface area contributed by atoms with Crippen LogP contribution in [-0.2, 0) is 6.42 Å². The minimum absolute atomic E-state index is 0.500. The maximum atomic E-state index is 12.6. The molecule has 4 nitrogen and oxygen atoms in total. The van der Waals surface area contributed by atoms with E-state index in [2.05, 4.69) is 69.7 Å². The second kappa shape index (κ2) is 10.7. The van der Waals surface area contributed by atoms with E-state index < -0.39 is 12.7 Å². The van der Waals surface area contributed by atoms with E-state index in [0.717, 1.165) is 45.4 Å². The molecule has 2 aromatic rings. The fourth-order valence-corrected chi connectivity index (χ4v) is 5.56. The minimum Gasteiger partial charge on any atom is -0.371 e. The Morgan fingerprint density at radius 1 is 0.857 bits per heavy atom. The number of nitrogens with zero attached hydrogens (tertiary/aromatic N) is 3. The molecule has 0 radical (unpaired) electrons. The van der Waals surface area contributed by atoms with Crippen LogP contribution in [0.3, 0.4) is 0 Å². The molecule has 2 heterocycles. The van der Waals surface area contributed by atoms with Crippen LogP contribution in [0.15, 0.2) is 48.5 Å². The van der Waals surface area contributed by atoms with Gasteiger partial charge in [0.25, 0.3) is 0 Å². The first-order chi connectivity index (χ1) is 16.9. The minimum atomic E-state index is -4.10. The van der Waals surface area contributed by atoms with Crippen LogP contribution in [0.2, 0.25) is 0 Å². The number of benzene rings is 2. The molecule has 2 aromatic carbocycles. The molecule has 0 atom stereocenters. The predicted molar refractivity (Wildman–Crippen MR) is 137 cm³/mol. The third-order valence-electron chi connectivity index (χ3n) is 7.57. The van der Waals surface area contributed by atoms with Gasteiger partial charge in [0.2, 0.25) is 0 Å². The van der Waals surface area contributed by atoms with Gasteiger partial charge in [-0.05, 0) is 53.7 Å². The highest BCUT2D eigenvalue weighted by Crippen LogP contribution is 2.33. The molecule has 0 bridgehead atoms. The Morgan fingerprint density at radius 2 is 1.60 bits per heavy atom. The van der Waals surface area contributed by atoms with Gasteiger partial charge in [-0.25, -0.2) is 0 Å². The Kier molecular flexibility index (Phi) is 7.46. The fourth-order valence-electron chi connectivity index (χ4n) is 5.56. The van der Waals surface area contributed by atoms with Crippen LogP contribution in [0.1, 0.15) is 29.5 Å². The lowest BCUT2D eigenvalue weighted by Gasteiger charge is -2.36. The highest BCUT2D eigenvalue weighted by Gasteiger charge is 2.32. The van der Waals surface area contributed by atoms with Gasteiger partial charge in [-0.2, -0.15) is 13.2 Å². The van der Waals surface area contributed by atoms with Gasteiger partial charge in [0.1, 0.15) is 0 Å². The smallest absolute Gasteiger partial charge is 0.371 e. The number of fused-ring (bicyclic) bond motifs is 1. The number of rotatable bonds is 7. The second-order valence-corrected chi connectivity index (χ2v) is 10.0. The fraction of sp³-hybridized carbons (Fsp3) is 0.500. The van der Waals surface area contributed by atoms with Crippen molar-refractivity contribution in [2.24, 2.45) is 0 Å². The SMILES string of the molecule is FC(F)(F)CN1CCN(CCNC2CCN(c3cccc(C4=Cc5ccccc5C4)c3)CC2)CC1. The third kappa shape index (κ3) is 6.46. The summed E-state index contributed by atoms with van der Waals surface area (Å²) in [5.74, 6) is 0. The van der Waals surface area contributed by atoms with E-state index in [-0.39, 0.29) is 0 Å². The van der Waals surface area contributed by atoms with Gasteiger partial charge in [-0.3, -0.25) is 9.80 Å². The number of alkyl halides is 3. The van der Waals surface area contributed by atoms with E-state index in [1.165, 1.54) is 32.9 Å². The maximum absolute atomic E-state index is 12.6. The summed E-state index contributed by atoms with van der Waals surface area (Å²) in [5, 5.41) is 3.69. The number of piperazine rings is 1. The van der Waals surface area contributed by atoms with Gasteiger partial charge in [-0.1, -0.05) is 42.5 Å². The molecule has 1 aliphatic carbocycles. The van der Waals surface area contributed by atoms with Gasteiger partial charge < -0.3 is 10.2 Å². The molecular formula is C28H35F3N4. The Labute approximate surface area is 206 Å². The molecule has 188 valence electrons. The summed E-state index contributed by atoms with van der Waals surface area (Å²) >= 11 is 0. The first-order valence-corrected chi connectivity index (χ1v) is 12.8. The number of hydrogen-bond donors (Lipinski definition) is 1. The zero-order valence-electron chi connectivity index (χ0n) is 20.2. The second-order valence-electron chi connectivity index (χ2n) is 10.0. The highest BCUT2D eigenvalue weighted by atomic mass is 19.4. The average Bonchev–Trinajstić information content (AvgIpc) is 3.29. The van der Waals surface area contributed by atoms with E-state index in [0.29, 0.717) is 32.2 Å². The monoisotopic (exact) mass is 484 g/mol. The van der Waals surface area contributed by atoms with Crippen LogP contribution < -0.4 is 10.2 Å². The molecule has 5 rings (SSSR count). The van der Waals surface area contributed by atoms with E-state index in [9.17, 15) is 13.2 Å². The quantitative estimate of drug-likeness (QED) is 0.624. The molecule has 0 spiro atoms. The Bertz CT molecular complexity index is 1020. The van der Waals surface area contributed by atoms with Crippen LogP contribution in [0.25, 0.3) is 11.6 Å². The lowest BCUT2D eigenvalue weighted by Crippen LogP contribution is -2.51. The van der Waals surface area contributed by atoms with E-state index in [1.54, 1.807) is 0 Å². The van der Waals surface area contributed by atoms with Crippen molar-refractivity contribution < 1.29 is 13.2 Å². The van der Waals surface area contributed by atoms with Crippen molar-refractivity contribution in [3.8, 4) is 0 Å². The van der Waals surface area contributed by atoms with Crippen LogP contribution in [-0.4, -0.2) is 80.9 Å². The van der Waals surface area contributed by atoms with E-state index >= 15 is 0 Å². The van der Waals surface area contributed by atoms with Crippen molar-refractivity contribution in [3.63, 3.8) is 0 Å². The first-order valence-electron chi connectivity index (χ1n) is 12.8. The number of hydrogen-bond acceptors (Lipinski definition) is 4. The number of halogens is 3. The lowest BCUT2D eigenvalue weighted by molar-refractivity contribution is -0.149. The standard InChI is InChI=1S/C28H35F3N4/c29-28(30,31)21-34-16-14-33(15-17-34)13-10-32-26-8-11-35(12-9-26)27-7-3-6-24(20-27)25-18-22-4-1-2-5-23(22)19-25/h1-7,18,20,26,32H,8-17,19,21H2. The van der Waals surface area contributed by atoms with Crippen LogP contribution in [0.5, 0.6) is 0 Å². The summed E-state index contributed by atoms with van der Waals surface area (Å²) in [7, 11) is 0. The van der Waals surface area contributed by atoms with Crippen molar-refractivity contribution in [2.45, 2.75) is 31.5 Å². The molecule has 2 saturated heterocycles. The van der Waals surface area contributed by atoms with Gasteiger partial charge in [0.15, 0.2) is 0 Å². The Morgan fingerprint density at radius 3 is 2.34 bits per heavy atom. The summed E-state index contributed by atoms with van der Waals surface area (Å²) in [4.78, 5) is 6.28. The molecule has 0 aromatic heterocycles. The Hall–Kier alpha value is -2.35. The molecule has 0 unspecified atom stereocenters. The molecule has 7 heteroatoms. The zero-order valence-corrected chi connectivity index (χ0v) is 20.2. The molecule has 2 fully saturated rings. The zero-order chi connectivity index (χ0) is 24.3. The highest BCUT2D eigenvalue weighted by molar-refractivity contribution is 5.89. The van der Waals surface area contributed by atoms with Crippen LogP contribution in [0.4, 0.5) is 18.9 Å². The molecule has 0 saturated carbocycles. The topological polar surface area (TPSA) is 21.8 Å². The predicted octanol–water partition coefficient (Wildman–Crippen LogP) is 4.52. The summed E-state index contributed by atoms with van der Waals surface area (Å²) in [6, 6.07) is 18.1.